The van der Waals surface area contributed by atoms with Gasteiger partial charge in [-0.1, -0.05) is 0 Å². The molecule has 0 amide bonds. The lowest BCUT2D eigenvalue weighted by atomic mass is 9.69. The van der Waals surface area contributed by atoms with Crippen LogP contribution in [0.3, 0.4) is 0 Å². The summed E-state index contributed by atoms with van der Waals surface area (Å²) in [4.78, 5) is 21.2. The summed E-state index contributed by atoms with van der Waals surface area (Å²) in [5.41, 5.74) is 4.06. The Morgan fingerprint density at radius 2 is 1.85 bits per heavy atom. The number of aliphatic carboxylic acids is 2. The van der Waals surface area contributed by atoms with Crippen LogP contribution in [-0.2, 0) is 9.59 Å². The third kappa shape index (κ3) is 0.848. The van der Waals surface area contributed by atoms with Crippen LogP contribution in [0.25, 0.3) is 0 Å². The lowest BCUT2D eigenvalue weighted by Crippen LogP contribution is -2.46. The molecule has 72 valence electrons. The maximum Gasteiger partial charge on any atom is 0.324 e. The monoisotopic (exact) mass is 185 g/mol. The number of carbonyl (C=O) groups is 2. The normalized spacial score (nSPS) is 47.0. The molecule has 2 fully saturated rings. The zero-order chi connectivity index (χ0) is 9.85. The molecular formula is C8H11NO4. The van der Waals surface area contributed by atoms with Crippen molar-refractivity contribution in [2.75, 3.05) is 0 Å². The molecule has 5 nitrogen and oxygen atoms in total. The minimum Gasteiger partial charge on any atom is -0.481 e. The Morgan fingerprint density at radius 3 is 2.15 bits per heavy atom. The van der Waals surface area contributed by atoms with Crippen molar-refractivity contribution in [3.05, 3.63) is 0 Å². The Bertz CT molecular complexity index is 295. The van der Waals surface area contributed by atoms with Crippen molar-refractivity contribution in [3.8, 4) is 0 Å². The summed E-state index contributed by atoms with van der Waals surface area (Å²) >= 11 is 0. The second kappa shape index (κ2) is 2.04. The van der Waals surface area contributed by atoms with Crippen molar-refractivity contribution >= 4 is 11.9 Å². The van der Waals surface area contributed by atoms with E-state index in [9.17, 15) is 9.59 Å². The van der Waals surface area contributed by atoms with Gasteiger partial charge >= 0.3 is 11.9 Å². The van der Waals surface area contributed by atoms with Crippen molar-refractivity contribution in [2.24, 2.45) is 17.1 Å². The Hall–Kier alpha value is -1.10. The fraction of sp³-hybridized carbons (Fsp3) is 0.750. The van der Waals surface area contributed by atoms with E-state index in [0.29, 0.717) is 19.3 Å². The summed E-state index contributed by atoms with van der Waals surface area (Å²) in [7, 11) is 0. The predicted octanol–water partition coefficient (Wildman–Crippen LogP) is -0.347. The van der Waals surface area contributed by atoms with E-state index < -0.39 is 22.9 Å². The number of rotatable bonds is 2. The maximum absolute atomic E-state index is 10.7. The van der Waals surface area contributed by atoms with Gasteiger partial charge in [0, 0.05) is 5.41 Å². The molecule has 2 saturated carbocycles. The fourth-order valence-electron chi connectivity index (χ4n) is 2.36. The number of hydrogen-bond donors (Lipinski definition) is 3. The van der Waals surface area contributed by atoms with Crippen LogP contribution >= 0.6 is 0 Å². The van der Waals surface area contributed by atoms with Crippen LogP contribution in [0.4, 0.5) is 0 Å². The van der Waals surface area contributed by atoms with E-state index in [1.807, 2.05) is 0 Å². The van der Waals surface area contributed by atoms with Crippen molar-refractivity contribution in [2.45, 2.75) is 24.8 Å². The summed E-state index contributed by atoms with van der Waals surface area (Å²) < 4.78 is 0. The first-order chi connectivity index (χ1) is 5.91. The minimum absolute atomic E-state index is 0.384. The molecule has 1 unspecified atom stereocenters. The topological polar surface area (TPSA) is 101 Å². The maximum atomic E-state index is 10.7. The zero-order valence-corrected chi connectivity index (χ0v) is 6.99. The van der Waals surface area contributed by atoms with E-state index in [1.54, 1.807) is 0 Å². The molecule has 13 heavy (non-hydrogen) atoms. The Kier molecular flexibility index (Phi) is 1.33. The van der Waals surface area contributed by atoms with Gasteiger partial charge in [-0.25, -0.2) is 0 Å². The summed E-state index contributed by atoms with van der Waals surface area (Å²) in [6.07, 6.45) is 1.27. The van der Waals surface area contributed by atoms with Gasteiger partial charge in [0.05, 0.1) is 5.92 Å². The molecule has 5 heteroatoms. The molecule has 0 aromatic carbocycles. The molecule has 2 aliphatic carbocycles. The standard InChI is InChI=1S/C8H11NO4/c9-8(6(12)13)3-7(8)1-4(2-7)5(10)11/h4H,1-3,9H2,(H,10,11)(H,12,13). The number of carboxylic acid groups (broad SMARTS) is 2. The molecule has 4 N–H and O–H groups in total. The first-order valence-electron chi connectivity index (χ1n) is 4.16. The van der Waals surface area contributed by atoms with E-state index in [4.69, 9.17) is 15.9 Å². The fourth-order valence-corrected chi connectivity index (χ4v) is 2.36. The van der Waals surface area contributed by atoms with Crippen molar-refractivity contribution in [3.63, 3.8) is 0 Å². The second-order valence-electron chi connectivity index (χ2n) is 4.18. The predicted molar refractivity (Wildman–Crippen MR) is 42.0 cm³/mol. The van der Waals surface area contributed by atoms with Gasteiger partial charge < -0.3 is 15.9 Å². The Balaban J connectivity index is 2.02. The van der Waals surface area contributed by atoms with E-state index in [1.165, 1.54) is 0 Å². The molecule has 0 aromatic rings. The lowest BCUT2D eigenvalue weighted by molar-refractivity contribution is -0.150. The summed E-state index contributed by atoms with van der Waals surface area (Å²) in [6, 6.07) is 0. The van der Waals surface area contributed by atoms with E-state index in [0.717, 1.165) is 0 Å². The highest BCUT2D eigenvalue weighted by molar-refractivity contribution is 5.86. The van der Waals surface area contributed by atoms with Crippen LogP contribution in [0, 0.1) is 11.3 Å². The average molecular weight is 185 g/mol. The van der Waals surface area contributed by atoms with Crippen LogP contribution in [0.5, 0.6) is 0 Å². The van der Waals surface area contributed by atoms with Crippen LogP contribution in [0.15, 0.2) is 0 Å². The molecule has 0 heterocycles. The smallest absolute Gasteiger partial charge is 0.324 e. The molecule has 0 aliphatic heterocycles. The van der Waals surface area contributed by atoms with Crippen molar-refractivity contribution in [1.29, 1.82) is 0 Å². The number of hydrogen-bond acceptors (Lipinski definition) is 3. The van der Waals surface area contributed by atoms with Crippen LogP contribution in [-0.4, -0.2) is 27.7 Å². The molecule has 0 saturated heterocycles. The highest BCUT2D eigenvalue weighted by atomic mass is 16.4. The van der Waals surface area contributed by atoms with Crippen LogP contribution in [0.1, 0.15) is 19.3 Å². The zero-order valence-electron chi connectivity index (χ0n) is 6.99. The molecule has 0 bridgehead atoms. The number of carboxylic acids is 2. The van der Waals surface area contributed by atoms with E-state index in [-0.39, 0.29) is 5.92 Å². The first-order valence-corrected chi connectivity index (χ1v) is 4.16. The van der Waals surface area contributed by atoms with E-state index >= 15 is 0 Å². The molecule has 1 atom stereocenters. The van der Waals surface area contributed by atoms with Gasteiger partial charge in [-0.2, -0.15) is 0 Å². The molecule has 2 rings (SSSR count). The summed E-state index contributed by atoms with van der Waals surface area (Å²) in [5.74, 6) is -2.23. The highest BCUT2D eigenvalue weighted by Gasteiger charge is 2.75. The van der Waals surface area contributed by atoms with Crippen LogP contribution in [0.2, 0.25) is 0 Å². The van der Waals surface area contributed by atoms with Crippen molar-refractivity contribution in [1.82, 2.24) is 0 Å². The van der Waals surface area contributed by atoms with Gasteiger partial charge in [-0.15, -0.1) is 0 Å². The van der Waals surface area contributed by atoms with Gasteiger partial charge in [-0.05, 0) is 19.3 Å². The quantitative estimate of drug-likeness (QED) is 0.546. The molecule has 0 aromatic heterocycles. The average Bonchev–Trinajstić information content (AvgIpc) is 2.54. The SMILES string of the molecule is NC1(C(=O)O)CC12CC(C(=O)O)C2. The largest absolute Gasteiger partial charge is 0.481 e. The Morgan fingerprint density at radius 1 is 1.31 bits per heavy atom. The Labute approximate surface area is 74.5 Å². The van der Waals surface area contributed by atoms with E-state index in [2.05, 4.69) is 0 Å². The number of nitrogens with two attached hydrogens (primary N) is 1. The highest BCUT2D eigenvalue weighted by Crippen LogP contribution is 2.68. The third-order valence-corrected chi connectivity index (χ3v) is 3.44. The summed E-state index contributed by atoms with van der Waals surface area (Å²) in [6.45, 7) is 0. The second-order valence-corrected chi connectivity index (χ2v) is 4.18. The molecule has 1 spiro atoms. The van der Waals surface area contributed by atoms with Gasteiger partial charge in [0.2, 0.25) is 0 Å². The van der Waals surface area contributed by atoms with Gasteiger partial charge in [-0.3, -0.25) is 9.59 Å². The first kappa shape index (κ1) is 8.50. The molecule has 2 aliphatic rings. The third-order valence-electron chi connectivity index (χ3n) is 3.44. The van der Waals surface area contributed by atoms with Crippen molar-refractivity contribution < 1.29 is 19.8 Å². The molecular weight excluding hydrogens is 174 g/mol. The molecule has 0 radical (unpaired) electrons. The minimum atomic E-state index is -1.14. The van der Waals surface area contributed by atoms with Gasteiger partial charge in [0.15, 0.2) is 0 Å². The van der Waals surface area contributed by atoms with Gasteiger partial charge in [0.25, 0.3) is 0 Å². The van der Waals surface area contributed by atoms with Crippen LogP contribution < -0.4 is 5.73 Å². The summed E-state index contributed by atoms with van der Waals surface area (Å²) in [5, 5.41) is 17.4. The lowest BCUT2D eigenvalue weighted by Gasteiger charge is -2.35. The van der Waals surface area contributed by atoms with Gasteiger partial charge in [0.1, 0.15) is 5.54 Å².